The zero-order valence-electron chi connectivity index (χ0n) is 18.6. The summed E-state index contributed by atoms with van der Waals surface area (Å²) >= 11 is 0. The van der Waals surface area contributed by atoms with Crippen molar-refractivity contribution in [1.29, 1.82) is 0 Å². The fraction of sp³-hybridized carbons (Fsp3) is 0.739. The first-order chi connectivity index (χ1) is 14.2. The van der Waals surface area contributed by atoms with Gasteiger partial charge >= 0.3 is 0 Å². The summed E-state index contributed by atoms with van der Waals surface area (Å²) in [4.78, 5) is 0. The lowest BCUT2D eigenvalue weighted by atomic mass is 9.87. The Hall–Kier alpha value is -1.21. The maximum Gasteiger partial charge on any atom is 0.200 e. The minimum atomic E-state index is -2.12. The molecule has 1 unspecified atom stereocenters. The van der Waals surface area contributed by atoms with Gasteiger partial charge in [0.2, 0.25) is 5.82 Å². The van der Waals surface area contributed by atoms with Crippen molar-refractivity contribution in [1.82, 2.24) is 0 Å². The number of ether oxygens (including phenoxy) is 2. The number of rotatable bonds is 15. The van der Waals surface area contributed by atoms with Gasteiger partial charge in [-0.1, -0.05) is 51.9 Å². The van der Waals surface area contributed by atoms with Crippen LogP contribution >= 0.6 is 0 Å². The monoisotopic (exact) mass is 438 g/mol. The third-order valence-corrected chi connectivity index (χ3v) is 5.99. The van der Waals surface area contributed by atoms with Crippen molar-refractivity contribution in [2.75, 3.05) is 14.2 Å². The Labute approximate surface area is 177 Å². The summed E-state index contributed by atoms with van der Waals surface area (Å²) in [5, 5.41) is 0. The third-order valence-electron chi connectivity index (χ3n) is 5.99. The van der Waals surface area contributed by atoms with Crippen LogP contribution in [0.4, 0.5) is 22.0 Å². The van der Waals surface area contributed by atoms with Gasteiger partial charge in [0.15, 0.2) is 29.1 Å². The third kappa shape index (κ3) is 7.19. The van der Waals surface area contributed by atoms with Gasteiger partial charge < -0.3 is 9.47 Å². The molecule has 0 spiro atoms. The van der Waals surface area contributed by atoms with Crippen LogP contribution in [0.1, 0.15) is 83.6 Å². The van der Waals surface area contributed by atoms with Crippen molar-refractivity contribution >= 4 is 0 Å². The van der Waals surface area contributed by atoms with Crippen molar-refractivity contribution in [2.45, 2.75) is 90.3 Å². The second-order valence-corrected chi connectivity index (χ2v) is 7.97. The van der Waals surface area contributed by atoms with Gasteiger partial charge in [-0.2, -0.15) is 0 Å². The van der Waals surface area contributed by atoms with Crippen LogP contribution in [0.5, 0.6) is 0 Å². The van der Waals surface area contributed by atoms with Crippen LogP contribution in [0.2, 0.25) is 0 Å². The number of unbranched alkanes of at least 4 members (excludes halogenated alkanes) is 6. The van der Waals surface area contributed by atoms with Crippen LogP contribution in [0.3, 0.4) is 0 Å². The van der Waals surface area contributed by atoms with Gasteiger partial charge in [0.25, 0.3) is 0 Å². The number of hydrogen-bond donors (Lipinski definition) is 0. The lowest BCUT2D eigenvalue weighted by Gasteiger charge is -2.35. The molecule has 1 aromatic rings. The molecule has 0 saturated carbocycles. The lowest BCUT2D eigenvalue weighted by Crippen LogP contribution is -2.39. The molecule has 1 aromatic carbocycles. The predicted octanol–water partition coefficient (Wildman–Crippen LogP) is 7.47. The van der Waals surface area contributed by atoms with E-state index in [0.29, 0.717) is 19.3 Å². The van der Waals surface area contributed by atoms with Gasteiger partial charge in [-0.25, -0.2) is 22.0 Å². The Morgan fingerprint density at radius 3 is 1.60 bits per heavy atom. The first-order valence-electron chi connectivity index (χ1n) is 10.8. The Kier molecular flexibility index (Phi) is 11.9. The van der Waals surface area contributed by atoms with E-state index in [2.05, 4.69) is 6.92 Å². The molecule has 0 saturated heterocycles. The highest BCUT2D eigenvalue weighted by Crippen LogP contribution is 2.32. The van der Waals surface area contributed by atoms with Crippen molar-refractivity contribution < 1.29 is 31.4 Å². The molecule has 1 atom stereocenters. The fourth-order valence-corrected chi connectivity index (χ4v) is 3.82. The first-order valence-corrected chi connectivity index (χ1v) is 10.8. The topological polar surface area (TPSA) is 18.5 Å². The molecule has 2 nitrogen and oxygen atoms in total. The summed E-state index contributed by atoms with van der Waals surface area (Å²) in [6, 6.07) is 0. The highest BCUT2D eigenvalue weighted by molar-refractivity contribution is 5.24. The van der Waals surface area contributed by atoms with Gasteiger partial charge in [0.05, 0.1) is 0 Å². The van der Waals surface area contributed by atoms with Crippen LogP contribution in [0.15, 0.2) is 0 Å². The van der Waals surface area contributed by atoms with Crippen molar-refractivity contribution in [3.8, 4) is 0 Å². The Morgan fingerprint density at radius 1 is 0.667 bits per heavy atom. The largest absolute Gasteiger partial charge is 0.353 e. The van der Waals surface area contributed by atoms with Crippen LogP contribution in [0, 0.1) is 35.0 Å². The molecule has 7 heteroatoms. The van der Waals surface area contributed by atoms with Gasteiger partial charge in [0, 0.05) is 25.7 Å². The van der Waals surface area contributed by atoms with Gasteiger partial charge in [-0.3, -0.25) is 0 Å². The number of benzene rings is 1. The van der Waals surface area contributed by atoms with Crippen molar-refractivity contribution in [3.63, 3.8) is 0 Å². The first kappa shape index (κ1) is 26.8. The van der Waals surface area contributed by atoms with E-state index >= 15 is 0 Å². The maximum absolute atomic E-state index is 13.8. The van der Waals surface area contributed by atoms with E-state index in [1.54, 1.807) is 14.2 Å². The number of hydrogen-bond acceptors (Lipinski definition) is 2. The molecule has 0 N–H and O–H groups in total. The maximum atomic E-state index is 13.8. The fourth-order valence-electron chi connectivity index (χ4n) is 3.82. The quantitative estimate of drug-likeness (QED) is 0.0930. The Bertz CT molecular complexity index is 618. The standard InChI is InChI=1S/C23H35F5O2/c1-5-6-7-8-9-10-13-16(23(2,29-3)30-4)14-11-12-15-17-18(24)20(26)22(28)21(27)19(17)25/h16H,5-15H2,1-4H3. The smallest absolute Gasteiger partial charge is 0.200 e. The summed E-state index contributed by atoms with van der Waals surface area (Å²) in [6.45, 7) is 4.03. The van der Waals surface area contributed by atoms with Gasteiger partial charge in [-0.15, -0.1) is 0 Å². The molecule has 0 radical (unpaired) electrons. The van der Waals surface area contributed by atoms with E-state index in [0.717, 1.165) is 19.3 Å². The summed E-state index contributed by atoms with van der Waals surface area (Å²) in [5.41, 5.74) is -0.750. The molecule has 0 aliphatic heterocycles. The van der Waals surface area contributed by atoms with Crippen molar-refractivity contribution in [3.05, 3.63) is 34.6 Å². The lowest BCUT2D eigenvalue weighted by molar-refractivity contribution is -0.230. The molecular weight excluding hydrogens is 403 g/mol. The number of methoxy groups -OCH3 is 2. The predicted molar refractivity (Wildman–Crippen MR) is 108 cm³/mol. The van der Waals surface area contributed by atoms with E-state index in [1.807, 2.05) is 6.92 Å². The highest BCUT2D eigenvalue weighted by Gasteiger charge is 2.33. The average molecular weight is 439 g/mol. The van der Waals surface area contributed by atoms with Crippen molar-refractivity contribution in [2.24, 2.45) is 5.92 Å². The molecule has 0 bridgehead atoms. The molecule has 0 heterocycles. The van der Waals surface area contributed by atoms with E-state index in [4.69, 9.17) is 9.47 Å². The van der Waals surface area contributed by atoms with Gasteiger partial charge in [0.1, 0.15) is 0 Å². The zero-order valence-corrected chi connectivity index (χ0v) is 18.6. The second kappa shape index (κ2) is 13.3. The SMILES string of the molecule is CCCCCCCCC(CCCCc1c(F)c(F)c(F)c(F)c1F)C(C)(OC)OC. The summed E-state index contributed by atoms with van der Waals surface area (Å²) in [7, 11) is 3.15. The summed E-state index contributed by atoms with van der Waals surface area (Å²) in [5.74, 6) is -10.1. The van der Waals surface area contributed by atoms with Gasteiger partial charge in [-0.05, 0) is 32.6 Å². The molecule has 0 aliphatic carbocycles. The zero-order chi connectivity index (χ0) is 22.7. The molecule has 0 fully saturated rings. The number of halogens is 5. The molecule has 1 rings (SSSR count). The molecule has 174 valence electrons. The van der Waals surface area contributed by atoms with E-state index < -0.39 is 40.4 Å². The van der Waals surface area contributed by atoms with Crippen LogP contribution in [-0.2, 0) is 15.9 Å². The van der Waals surface area contributed by atoms with Crippen LogP contribution < -0.4 is 0 Å². The highest BCUT2D eigenvalue weighted by atomic mass is 19.2. The second-order valence-electron chi connectivity index (χ2n) is 7.97. The Balaban J connectivity index is 2.65. The minimum Gasteiger partial charge on any atom is -0.353 e. The minimum absolute atomic E-state index is 0.0649. The van der Waals surface area contributed by atoms with E-state index in [9.17, 15) is 22.0 Å². The Morgan fingerprint density at radius 2 is 1.10 bits per heavy atom. The van der Waals surface area contributed by atoms with Crippen LogP contribution in [-0.4, -0.2) is 20.0 Å². The molecule has 0 amide bonds. The normalized spacial score (nSPS) is 13.1. The average Bonchev–Trinajstić information content (AvgIpc) is 2.76. The summed E-state index contributed by atoms with van der Waals surface area (Å²) in [6.07, 6.45) is 9.15. The van der Waals surface area contributed by atoms with E-state index in [1.165, 1.54) is 25.7 Å². The van der Waals surface area contributed by atoms with E-state index in [-0.39, 0.29) is 12.3 Å². The summed E-state index contributed by atoms with van der Waals surface area (Å²) < 4.78 is 78.6. The molecule has 0 aromatic heterocycles. The molecule has 0 aliphatic rings. The molecular formula is C23H35F5O2. The molecule has 30 heavy (non-hydrogen) atoms. The van der Waals surface area contributed by atoms with Crippen LogP contribution in [0.25, 0.3) is 0 Å².